The maximum atomic E-state index is 11.4. The van der Waals surface area contributed by atoms with Crippen LogP contribution in [0.1, 0.15) is 65.8 Å². The molecule has 0 atom stereocenters. The van der Waals surface area contributed by atoms with E-state index in [0.29, 0.717) is 19.6 Å². The first kappa shape index (κ1) is 21.9. The van der Waals surface area contributed by atoms with Gasteiger partial charge < -0.3 is 9.16 Å². The van der Waals surface area contributed by atoms with Crippen LogP contribution in [0, 0.1) is 16.0 Å². The molecule has 7 nitrogen and oxygen atoms in total. The van der Waals surface area contributed by atoms with Gasteiger partial charge in [-0.2, -0.15) is 0 Å². The molecule has 1 aromatic rings. The van der Waals surface area contributed by atoms with Gasteiger partial charge in [-0.3, -0.25) is 14.8 Å². The van der Waals surface area contributed by atoms with E-state index in [1.54, 1.807) is 4.68 Å². The van der Waals surface area contributed by atoms with Crippen molar-refractivity contribution in [1.82, 2.24) is 9.78 Å². The molecule has 0 aliphatic heterocycles. The topological polar surface area (TPSA) is 79.4 Å². The van der Waals surface area contributed by atoms with Crippen molar-refractivity contribution in [1.29, 1.82) is 0 Å². The zero-order valence-electron chi connectivity index (χ0n) is 17.7. The molecule has 0 amide bonds. The summed E-state index contributed by atoms with van der Waals surface area (Å²) >= 11 is 0. The maximum Gasteiger partial charge on any atom is 0.350 e. The third-order valence-electron chi connectivity index (χ3n) is 6.03. The average Bonchev–Trinajstić information content (AvgIpc) is 2.98. The van der Waals surface area contributed by atoms with Crippen LogP contribution in [-0.4, -0.2) is 36.2 Å². The summed E-state index contributed by atoms with van der Waals surface area (Å²) in [4.78, 5) is 10.9. The second kappa shape index (κ2) is 8.73. The first-order valence-corrected chi connectivity index (χ1v) is 12.9. The average molecular weight is 398 g/mol. The first-order chi connectivity index (χ1) is 12.5. The molecule has 1 aromatic heterocycles. The molecule has 1 aliphatic rings. The zero-order valence-corrected chi connectivity index (χ0v) is 18.7. The molecule has 0 N–H and O–H groups in total. The summed E-state index contributed by atoms with van der Waals surface area (Å²) in [5.41, 5.74) is -0.0427. The third-order valence-corrected chi connectivity index (χ3v) is 10.6. The molecule has 8 heteroatoms. The van der Waals surface area contributed by atoms with E-state index in [4.69, 9.17) is 9.16 Å². The lowest BCUT2D eigenvalue weighted by Crippen LogP contribution is -2.41. The van der Waals surface area contributed by atoms with Crippen LogP contribution in [0.3, 0.4) is 0 Å². The van der Waals surface area contributed by atoms with Crippen molar-refractivity contribution in [2.75, 3.05) is 13.2 Å². The van der Waals surface area contributed by atoms with E-state index in [0.717, 1.165) is 31.6 Å². The highest BCUT2D eigenvalue weighted by Crippen LogP contribution is 2.37. The highest BCUT2D eigenvalue weighted by molar-refractivity contribution is 6.74. The Balaban J connectivity index is 1.89. The van der Waals surface area contributed by atoms with E-state index >= 15 is 0 Å². The molecular weight excluding hydrogens is 362 g/mol. The number of rotatable bonds is 8. The van der Waals surface area contributed by atoms with Gasteiger partial charge in [0.05, 0.1) is 17.6 Å². The Kier molecular flexibility index (Phi) is 7.07. The predicted molar refractivity (Wildman–Crippen MR) is 109 cm³/mol. The largest absolute Gasteiger partial charge is 0.472 e. The minimum absolute atomic E-state index is 0.0427. The maximum absolute atomic E-state index is 11.4. The van der Waals surface area contributed by atoms with Gasteiger partial charge in [-0.1, -0.05) is 27.7 Å². The van der Waals surface area contributed by atoms with Crippen LogP contribution in [0.5, 0.6) is 5.88 Å². The molecule has 1 saturated carbocycles. The summed E-state index contributed by atoms with van der Waals surface area (Å²) in [6, 6.07) is 0.235. The smallest absolute Gasteiger partial charge is 0.350 e. The second-order valence-corrected chi connectivity index (χ2v) is 14.1. The fraction of sp³-hybridized carbons (Fsp3) is 0.842. The van der Waals surface area contributed by atoms with Gasteiger partial charge in [0.15, 0.2) is 8.32 Å². The van der Waals surface area contributed by atoms with Crippen LogP contribution in [-0.2, 0) is 4.43 Å². The molecule has 0 spiro atoms. The monoisotopic (exact) mass is 397 g/mol. The summed E-state index contributed by atoms with van der Waals surface area (Å²) in [7, 11) is -1.77. The molecule has 0 saturated heterocycles. The van der Waals surface area contributed by atoms with Crippen molar-refractivity contribution in [2.45, 2.75) is 84.0 Å². The standard InChI is InChI=1S/C19H35N3O4Si/c1-15-8-10-16(11-9-15)21-14-17(22(23)24)18(20-21)25-12-7-13-26-27(5,6)19(2,3)4/h14-16H,7-13H2,1-6H3. The Morgan fingerprint density at radius 3 is 2.44 bits per heavy atom. The Bertz CT molecular complexity index is 631. The van der Waals surface area contributed by atoms with Gasteiger partial charge >= 0.3 is 11.6 Å². The molecule has 1 fully saturated rings. The Morgan fingerprint density at radius 1 is 1.26 bits per heavy atom. The van der Waals surface area contributed by atoms with Gasteiger partial charge in [-0.25, -0.2) is 0 Å². The molecule has 0 bridgehead atoms. The minimum Gasteiger partial charge on any atom is -0.472 e. The van der Waals surface area contributed by atoms with Gasteiger partial charge in [0, 0.05) is 13.0 Å². The molecule has 27 heavy (non-hydrogen) atoms. The number of hydrogen-bond donors (Lipinski definition) is 0. The Morgan fingerprint density at radius 2 is 1.89 bits per heavy atom. The van der Waals surface area contributed by atoms with Gasteiger partial charge in [0.1, 0.15) is 6.20 Å². The lowest BCUT2D eigenvalue weighted by Gasteiger charge is -2.36. The van der Waals surface area contributed by atoms with Crippen LogP contribution in [0.2, 0.25) is 18.1 Å². The van der Waals surface area contributed by atoms with Gasteiger partial charge in [-0.05, 0) is 49.7 Å². The highest BCUT2D eigenvalue weighted by Gasteiger charge is 2.36. The third kappa shape index (κ3) is 5.78. The van der Waals surface area contributed by atoms with Crippen LogP contribution in [0.15, 0.2) is 6.20 Å². The van der Waals surface area contributed by atoms with Crippen molar-refractivity contribution in [2.24, 2.45) is 5.92 Å². The van der Waals surface area contributed by atoms with E-state index in [1.807, 2.05) is 0 Å². The van der Waals surface area contributed by atoms with Crippen LogP contribution in [0.4, 0.5) is 5.69 Å². The van der Waals surface area contributed by atoms with E-state index < -0.39 is 13.2 Å². The van der Waals surface area contributed by atoms with Gasteiger partial charge in [0.2, 0.25) is 0 Å². The van der Waals surface area contributed by atoms with Crippen molar-refractivity contribution >= 4 is 14.0 Å². The Hall–Kier alpha value is -1.41. The van der Waals surface area contributed by atoms with E-state index in [9.17, 15) is 10.1 Å². The highest BCUT2D eigenvalue weighted by atomic mass is 28.4. The lowest BCUT2D eigenvalue weighted by molar-refractivity contribution is -0.386. The summed E-state index contributed by atoms with van der Waals surface area (Å²) in [5.74, 6) is 0.856. The predicted octanol–water partition coefficient (Wildman–Crippen LogP) is 5.33. The first-order valence-electron chi connectivity index (χ1n) is 10.0. The van der Waals surface area contributed by atoms with Crippen LogP contribution < -0.4 is 4.74 Å². The van der Waals surface area contributed by atoms with Crippen molar-refractivity contribution in [3.63, 3.8) is 0 Å². The normalized spacial score (nSPS) is 21.3. The summed E-state index contributed by atoms with van der Waals surface area (Å²) in [6.07, 6.45) is 6.53. The molecule has 1 aliphatic carbocycles. The van der Waals surface area contributed by atoms with Crippen molar-refractivity contribution in [3.8, 4) is 5.88 Å². The fourth-order valence-corrected chi connectivity index (χ4v) is 4.15. The van der Waals surface area contributed by atoms with Crippen LogP contribution in [0.25, 0.3) is 0 Å². The quantitative estimate of drug-likeness (QED) is 0.256. The molecule has 0 radical (unpaired) electrons. The molecule has 1 heterocycles. The summed E-state index contributed by atoms with van der Waals surface area (Å²) < 4.78 is 13.5. The second-order valence-electron chi connectivity index (χ2n) is 9.28. The van der Waals surface area contributed by atoms with E-state index in [2.05, 4.69) is 45.9 Å². The van der Waals surface area contributed by atoms with E-state index in [1.165, 1.54) is 6.20 Å². The molecule has 0 aromatic carbocycles. The molecule has 154 valence electrons. The number of hydrogen-bond acceptors (Lipinski definition) is 5. The number of nitro groups is 1. The number of nitrogens with zero attached hydrogens (tertiary/aromatic N) is 3. The molecular formula is C19H35N3O4Si. The zero-order chi connectivity index (χ0) is 20.2. The number of ether oxygens (including phenoxy) is 1. The van der Waals surface area contributed by atoms with Crippen molar-refractivity contribution < 1.29 is 14.1 Å². The van der Waals surface area contributed by atoms with Gasteiger partial charge in [-0.15, -0.1) is 5.10 Å². The molecule has 0 unspecified atom stereocenters. The Labute approximate surface area is 163 Å². The van der Waals surface area contributed by atoms with Crippen molar-refractivity contribution in [3.05, 3.63) is 16.3 Å². The van der Waals surface area contributed by atoms with Gasteiger partial charge in [0.25, 0.3) is 0 Å². The number of aromatic nitrogens is 2. The van der Waals surface area contributed by atoms with E-state index in [-0.39, 0.29) is 22.6 Å². The minimum atomic E-state index is -1.77. The molecule has 2 rings (SSSR count). The fourth-order valence-electron chi connectivity index (χ4n) is 3.06. The summed E-state index contributed by atoms with van der Waals surface area (Å²) in [6.45, 7) is 14.3. The lowest BCUT2D eigenvalue weighted by atomic mass is 9.87. The summed E-state index contributed by atoms with van der Waals surface area (Å²) in [5, 5.41) is 15.9. The van der Waals surface area contributed by atoms with Crippen LogP contribution >= 0.6 is 0 Å². The SMILES string of the molecule is CC1CCC(n2cc([N+](=O)[O-])c(OCCCO[Si](C)(C)C(C)(C)C)n2)CC1.